The van der Waals surface area contributed by atoms with E-state index in [4.69, 9.17) is 23.2 Å². The highest BCUT2D eigenvalue weighted by atomic mass is 35.5. The molecule has 1 aromatic carbocycles. The molecule has 21 heavy (non-hydrogen) atoms. The van der Waals surface area contributed by atoms with E-state index >= 15 is 0 Å². The highest BCUT2D eigenvalue weighted by Crippen LogP contribution is 2.47. The molecule has 2 nitrogen and oxygen atoms in total. The zero-order valence-corrected chi connectivity index (χ0v) is 14.3. The minimum atomic E-state index is 0.544. The third kappa shape index (κ3) is 2.12. The van der Waals surface area contributed by atoms with Crippen LogP contribution in [0.25, 0.3) is 31.9 Å². The van der Waals surface area contributed by atoms with Gasteiger partial charge in [-0.2, -0.15) is 8.75 Å². The van der Waals surface area contributed by atoms with Crippen LogP contribution < -0.4 is 0 Å². The summed E-state index contributed by atoms with van der Waals surface area (Å²) in [5.74, 6) is 0. The van der Waals surface area contributed by atoms with Crippen LogP contribution in [-0.4, -0.2) is 8.75 Å². The van der Waals surface area contributed by atoms with Crippen LogP contribution in [-0.2, 0) is 0 Å². The van der Waals surface area contributed by atoms with Gasteiger partial charge in [0, 0.05) is 20.9 Å². The summed E-state index contributed by atoms with van der Waals surface area (Å²) in [5.41, 5.74) is 3.39. The number of hydrogen-bond donors (Lipinski definition) is 0. The maximum atomic E-state index is 6.56. The summed E-state index contributed by atoms with van der Waals surface area (Å²) in [6.45, 7) is 0. The molecule has 3 aromatic heterocycles. The molecule has 4 aromatic rings. The molecule has 0 bridgehead atoms. The van der Waals surface area contributed by atoms with Gasteiger partial charge in [0.05, 0.1) is 21.8 Å². The van der Waals surface area contributed by atoms with Gasteiger partial charge in [0.2, 0.25) is 0 Å². The van der Waals surface area contributed by atoms with Crippen molar-refractivity contribution in [3.8, 4) is 20.9 Å². The standard InChI is InChI=1S/C14H6Cl2N2S3/c15-11-9(7-3-1-5-19-7)13-14(18-21-17-13)10(12(11)16)8-4-2-6-20-8/h1-6H. The van der Waals surface area contributed by atoms with E-state index in [-0.39, 0.29) is 0 Å². The first-order valence-corrected chi connectivity index (χ1v) is 9.23. The Bertz CT molecular complexity index is 837. The summed E-state index contributed by atoms with van der Waals surface area (Å²) >= 11 is 17.5. The first kappa shape index (κ1) is 13.7. The molecule has 0 saturated heterocycles. The normalized spacial score (nSPS) is 11.3. The topological polar surface area (TPSA) is 25.8 Å². The Morgan fingerprint density at radius 2 is 1.24 bits per heavy atom. The van der Waals surface area contributed by atoms with Crippen LogP contribution in [0.4, 0.5) is 0 Å². The van der Waals surface area contributed by atoms with Crippen molar-refractivity contribution in [2.45, 2.75) is 0 Å². The van der Waals surface area contributed by atoms with Gasteiger partial charge >= 0.3 is 0 Å². The van der Waals surface area contributed by atoms with Gasteiger partial charge in [0.1, 0.15) is 11.0 Å². The van der Waals surface area contributed by atoms with Crippen molar-refractivity contribution in [3.05, 3.63) is 45.1 Å². The lowest BCUT2D eigenvalue weighted by Gasteiger charge is -2.10. The van der Waals surface area contributed by atoms with Crippen LogP contribution >= 0.6 is 57.6 Å². The highest BCUT2D eigenvalue weighted by molar-refractivity contribution is 7.14. The van der Waals surface area contributed by atoms with E-state index in [1.165, 1.54) is 11.7 Å². The second kappa shape index (κ2) is 5.34. The maximum absolute atomic E-state index is 6.56. The number of fused-ring (bicyclic) bond motifs is 1. The number of aromatic nitrogens is 2. The van der Waals surface area contributed by atoms with Gasteiger partial charge in [-0.25, -0.2) is 0 Å². The van der Waals surface area contributed by atoms with Crippen molar-refractivity contribution in [1.29, 1.82) is 0 Å². The molecule has 0 aliphatic heterocycles. The van der Waals surface area contributed by atoms with Crippen LogP contribution in [0.1, 0.15) is 0 Å². The maximum Gasteiger partial charge on any atom is 0.115 e. The van der Waals surface area contributed by atoms with Gasteiger partial charge in [0.15, 0.2) is 0 Å². The van der Waals surface area contributed by atoms with E-state index in [0.717, 1.165) is 31.9 Å². The molecular weight excluding hydrogens is 363 g/mol. The minimum Gasteiger partial charge on any atom is -0.172 e. The quantitative estimate of drug-likeness (QED) is 0.405. The molecule has 0 atom stereocenters. The summed E-state index contributed by atoms with van der Waals surface area (Å²) in [6, 6.07) is 8.02. The predicted molar refractivity (Wildman–Crippen MR) is 94.1 cm³/mol. The van der Waals surface area contributed by atoms with E-state index < -0.39 is 0 Å². The molecule has 0 amide bonds. The summed E-state index contributed by atoms with van der Waals surface area (Å²) in [4.78, 5) is 2.11. The van der Waals surface area contributed by atoms with Crippen LogP contribution in [0.3, 0.4) is 0 Å². The first-order chi connectivity index (χ1) is 10.3. The Kier molecular flexibility index (Phi) is 3.47. The average Bonchev–Trinajstić information content (AvgIpc) is 3.21. The van der Waals surface area contributed by atoms with Crippen LogP contribution in [0.2, 0.25) is 10.0 Å². The van der Waals surface area contributed by atoms with Crippen molar-refractivity contribution in [2.24, 2.45) is 0 Å². The number of nitrogens with zero attached hydrogens (tertiary/aromatic N) is 2. The fraction of sp³-hybridized carbons (Fsp3) is 0. The Morgan fingerprint density at radius 1 is 0.762 bits per heavy atom. The number of hydrogen-bond acceptors (Lipinski definition) is 5. The summed E-state index contributed by atoms with van der Waals surface area (Å²) in [7, 11) is 0. The Balaban J connectivity index is 2.14. The number of rotatable bonds is 2. The number of benzene rings is 1. The summed E-state index contributed by atoms with van der Waals surface area (Å²) in [6.07, 6.45) is 0. The molecule has 7 heteroatoms. The first-order valence-electron chi connectivity index (χ1n) is 5.98. The molecule has 4 rings (SSSR count). The van der Waals surface area contributed by atoms with E-state index in [9.17, 15) is 0 Å². The van der Waals surface area contributed by atoms with Gasteiger partial charge in [-0.3, -0.25) is 0 Å². The lowest BCUT2D eigenvalue weighted by molar-refractivity contribution is 1.63. The predicted octanol–water partition coefficient (Wildman–Crippen LogP) is 6.46. The average molecular weight is 369 g/mol. The molecule has 104 valence electrons. The van der Waals surface area contributed by atoms with E-state index in [1.807, 2.05) is 35.0 Å². The van der Waals surface area contributed by atoms with Crippen molar-refractivity contribution in [1.82, 2.24) is 8.75 Å². The lowest BCUT2D eigenvalue weighted by Crippen LogP contribution is -1.87. The second-order valence-corrected chi connectivity index (χ2v) is 7.47. The van der Waals surface area contributed by atoms with Gasteiger partial charge in [0.25, 0.3) is 0 Å². The third-order valence-electron chi connectivity index (χ3n) is 3.13. The van der Waals surface area contributed by atoms with Crippen LogP contribution in [0.5, 0.6) is 0 Å². The number of thiophene rings is 2. The van der Waals surface area contributed by atoms with Gasteiger partial charge in [-0.1, -0.05) is 35.3 Å². The lowest BCUT2D eigenvalue weighted by atomic mass is 10.1. The van der Waals surface area contributed by atoms with Crippen molar-refractivity contribution in [3.63, 3.8) is 0 Å². The largest absolute Gasteiger partial charge is 0.172 e. The third-order valence-corrected chi connectivity index (χ3v) is 6.28. The fourth-order valence-corrected chi connectivity index (χ4v) is 5.03. The Labute approximate surface area is 142 Å². The van der Waals surface area contributed by atoms with Crippen LogP contribution in [0.15, 0.2) is 35.0 Å². The molecule has 0 aliphatic carbocycles. The molecule has 0 saturated carbocycles. The zero-order valence-electron chi connectivity index (χ0n) is 10.3. The molecular formula is C14H6Cl2N2S3. The molecule has 0 unspecified atom stereocenters. The van der Waals surface area contributed by atoms with Crippen molar-refractivity contribution < 1.29 is 0 Å². The highest BCUT2D eigenvalue weighted by Gasteiger charge is 2.23. The second-order valence-electron chi connectivity index (χ2n) is 4.29. The molecule has 3 heterocycles. The van der Waals surface area contributed by atoms with Gasteiger partial charge in [-0.15, -0.1) is 22.7 Å². The minimum absolute atomic E-state index is 0.544. The zero-order chi connectivity index (χ0) is 14.4. The van der Waals surface area contributed by atoms with E-state index in [0.29, 0.717) is 10.0 Å². The molecule has 0 radical (unpaired) electrons. The van der Waals surface area contributed by atoms with Crippen LogP contribution in [0, 0.1) is 0 Å². The fourth-order valence-electron chi connectivity index (χ4n) is 2.24. The summed E-state index contributed by atoms with van der Waals surface area (Å²) in [5, 5.41) is 5.11. The molecule has 0 N–H and O–H groups in total. The Hall–Kier alpha value is -0.980. The van der Waals surface area contributed by atoms with E-state index in [2.05, 4.69) is 8.75 Å². The van der Waals surface area contributed by atoms with Crippen molar-refractivity contribution in [2.75, 3.05) is 0 Å². The SMILES string of the molecule is Clc1c(Cl)c(-c2cccs2)c2nsnc2c1-c1cccs1. The molecule has 0 spiro atoms. The van der Waals surface area contributed by atoms with Crippen molar-refractivity contribution >= 4 is 68.6 Å². The molecule has 0 aliphatic rings. The Morgan fingerprint density at radius 3 is 1.62 bits per heavy atom. The monoisotopic (exact) mass is 368 g/mol. The van der Waals surface area contributed by atoms with Gasteiger partial charge in [-0.05, 0) is 22.9 Å². The van der Waals surface area contributed by atoms with Gasteiger partial charge < -0.3 is 0 Å². The van der Waals surface area contributed by atoms with E-state index in [1.54, 1.807) is 22.7 Å². The number of halogens is 2. The molecule has 0 fully saturated rings. The smallest absolute Gasteiger partial charge is 0.115 e. The summed E-state index contributed by atoms with van der Waals surface area (Å²) < 4.78 is 8.89.